The van der Waals surface area contributed by atoms with E-state index in [-0.39, 0.29) is 0 Å². The Bertz CT molecular complexity index is 174. The molecule has 3 heteroatoms. The van der Waals surface area contributed by atoms with Crippen molar-refractivity contribution in [3.8, 4) is 0 Å². The number of ether oxygens (including phenoxy) is 1. The third-order valence-electron chi connectivity index (χ3n) is 2.96. The summed E-state index contributed by atoms with van der Waals surface area (Å²) in [6, 6.07) is 0.436. The smallest absolute Gasteiger partial charge is 0.0746 e. The van der Waals surface area contributed by atoms with Gasteiger partial charge in [0.1, 0.15) is 0 Å². The van der Waals surface area contributed by atoms with Gasteiger partial charge in [0.05, 0.1) is 5.60 Å². The molecular weight excluding hydrogens is 190 g/mol. The van der Waals surface area contributed by atoms with E-state index in [1.165, 1.54) is 0 Å². The van der Waals surface area contributed by atoms with Crippen LogP contribution in [0, 0.1) is 5.92 Å². The van der Waals surface area contributed by atoms with E-state index in [0.717, 1.165) is 32.5 Å². The van der Waals surface area contributed by atoms with Gasteiger partial charge in [0.25, 0.3) is 0 Å². The van der Waals surface area contributed by atoms with Crippen molar-refractivity contribution in [2.75, 3.05) is 19.8 Å². The molecule has 0 spiro atoms. The fourth-order valence-electron chi connectivity index (χ4n) is 2.07. The SMILES string of the molecule is CC(C)NCC(C)(O)CC1CCOCC1. The van der Waals surface area contributed by atoms with Gasteiger partial charge in [-0.1, -0.05) is 13.8 Å². The van der Waals surface area contributed by atoms with Crippen LogP contribution >= 0.6 is 0 Å². The lowest BCUT2D eigenvalue weighted by molar-refractivity contribution is -0.000280. The van der Waals surface area contributed by atoms with Gasteiger partial charge in [-0.2, -0.15) is 0 Å². The monoisotopic (exact) mass is 215 g/mol. The molecule has 3 nitrogen and oxygen atoms in total. The van der Waals surface area contributed by atoms with E-state index in [0.29, 0.717) is 18.5 Å². The van der Waals surface area contributed by atoms with Gasteiger partial charge in [-0.15, -0.1) is 0 Å². The quantitative estimate of drug-likeness (QED) is 0.731. The summed E-state index contributed by atoms with van der Waals surface area (Å²) >= 11 is 0. The molecule has 0 bridgehead atoms. The number of hydrogen-bond acceptors (Lipinski definition) is 3. The van der Waals surface area contributed by atoms with Crippen molar-refractivity contribution < 1.29 is 9.84 Å². The molecule has 1 saturated heterocycles. The minimum atomic E-state index is -0.577. The van der Waals surface area contributed by atoms with Gasteiger partial charge in [-0.25, -0.2) is 0 Å². The Kier molecular flexibility index (Phi) is 5.03. The van der Waals surface area contributed by atoms with E-state index in [9.17, 15) is 5.11 Å². The molecule has 0 saturated carbocycles. The van der Waals surface area contributed by atoms with Crippen LogP contribution in [0.25, 0.3) is 0 Å². The number of aliphatic hydroxyl groups is 1. The van der Waals surface area contributed by atoms with Crippen molar-refractivity contribution in [2.24, 2.45) is 5.92 Å². The van der Waals surface area contributed by atoms with Gasteiger partial charge in [0.2, 0.25) is 0 Å². The Morgan fingerprint density at radius 3 is 2.53 bits per heavy atom. The van der Waals surface area contributed by atoms with E-state index in [1.807, 2.05) is 6.92 Å². The summed E-state index contributed by atoms with van der Waals surface area (Å²) in [7, 11) is 0. The molecule has 2 N–H and O–H groups in total. The minimum Gasteiger partial charge on any atom is -0.389 e. The van der Waals surface area contributed by atoms with Gasteiger partial charge in [0, 0.05) is 25.8 Å². The van der Waals surface area contributed by atoms with Crippen LogP contribution in [0.2, 0.25) is 0 Å². The molecule has 0 radical (unpaired) electrons. The second-order valence-electron chi connectivity index (χ2n) is 5.29. The summed E-state index contributed by atoms with van der Waals surface area (Å²) < 4.78 is 5.32. The van der Waals surface area contributed by atoms with E-state index >= 15 is 0 Å². The molecule has 0 aromatic heterocycles. The van der Waals surface area contributed by atoms with Crippen LogP contribution in [0.3, 0.4) is 0 Å². The van der Waals surface area contributed by atoms with E-state index in [1.54, 1.807) is 0 Å². The van der Waals surface area contributed by atoms with Crippen LogP contribution in [0.15, 0.2) is 0 Å². The second-order valence-corrected chi connectivity index (χ2v) is 5.29. The highest BCUT2D eigenvalue weighted by atomic mass is 16.5. The average Bonchev–Trinajstić information content (AvgIpc) is 2.16. The van der Waals surface area contributed by atoms with Crippen molar-refractivity contribution in [1.29, 1.82) is 0 Å². The van der Waals surface area contributed by atoms with Gasteiger partial charge < -0.3 is 15.2 Å². The van der Waals surface area contributed by atoms with Crippen LogP contribution in [0.5, 0.6) is 0 Å². The zero-order valence-electron chi connectivity index (χ0n) is 10.3. The lowest BCUT2D eigenvalue weighted by atomic mass is 9.87. The van der Waals surface area contributed by atoms with Crippen LogP contribution in [-0.4, -0.2) is 36.5 Å². The zero-order valence-corrected chi connectivity index (χ0v) is 10.3. The molecule has 1 unspecified atom stereocenters. The van der Waals surface area contributed by atoms with Crippen molar-refractivity contribution >= 4 is 0 Å². The van der Waals surface area contributed by atoms with Crippen molar-refractivity contribution in [1.82, 2.24) is 5.32 Å². The van der Waals surface area contributed by atoms with E-state index in [4.69, 9.17) is 4.74 Å². The van der Waals surface area contributed by atoms with Crippen LogP contribution in [-0.2, 0) is 4.74 Å². The molecule has 1 aliphatic heterocycles. The first kappa shape index (κ1) is 12.9. The Hall–Kier alpha value is -0.120. The first-order chi connectivity index (χ1) is 6.99. The highest BCUT2D eigenvalue weighted by Crippen LogP contribution is 2.24. The average molecular weight is 215 g/mol. The molecule has 0 aromatic rings. The molecule has 90 valence electrons. The molecule has 1 heterocycles. The standard InChI is InChI=1S/C12H25NO2/c1-10(2)13-9-12(3,14)8-11-4-6-15-7-5-11/h10-11,13-14H,4-9H2,1-3H3. The molecular formula is C12H25NO2. The lowest BCUT2D eigenvalue weighted by Gasteiger charge is -2.31. The molecule has 0 aliphatic carbocycles. The summed E-state index contributed by atoms with van der Waals surface area (Å²) in [6.07, 6.45) is 3.08. The first-order valence-electron chi connectivity index (χ1n) is 6.03. The zero-order chi connectivity index (χ0) is 11.3. The lowest BCUT2D eigenvalue weighted by Crippen LogP contribution is -2.42. The molecule has 1 fully saturated rings. The number of rotatable bonds is 5. The van der Waals surface area contributed by atoms with Gasteiger partial charge >= 0.3 is 0 Å². The molecule has 1 aliphatic rings. The maximum atomic E-state index is 10.2. The van der Waals surface area contributed by atoms with Crippen LogP contribution in [0.1, 0.15) is 40.0 Å². The summed E-state index contributed by atoms with van der Waals surface area (Å²) in [4.78, 5) is 0. The van der Waals surface area contributed by atoms with Crippen molar-refractivity contribution in [2.45, 2.75) is 51.7 Å². The fourth-order valence-corrected chi connectivity index (χ4v) is 2.07. The Morgan fingerprint density at radius 2 is 2.00 bits per heavy atom. The van der Waals surface area contributed by atoms with Crippen LogP contribution < -0.4 is 5.32 Å². The number of hydrogen-bond donors (Lipinski definition) is 2. The highest BCUT2D eigenvalue weighted by Gasteiger charge is 2.26. The Labute approximate surface area is 93.2 Å². The summed E-state index contributed by atoms with van der Waals surface area (Å²) in [5.74, 6) is 0.628. The van der Waals surface area contributed by atoms with E-state index < -0.39 is 5.60 Å². The summed E-state index contributed by atoms with van der Waals surface area (Å²) in [5, 5.41) is 13.5. The Balaban J connectivity index is 2.26. The maximum Gasteiger partial charge on any atom is 0.0746 e. The maximum absolute atomic E-state index is 10.2. The topological polar surface area (TPSA) is 41.5 Å². The van der Waals surface area contributed by atoms with Gasteiger partial charge in [0.15, 0.2) is 0 Å². The summed E-state index contributed by atoms with van der Waals surface area (Å²) in [5.41, 5.74) is -0.577. The Morgan fingerprint density at radius 1 is 1.40 bits per heavy atom. The predicted octanol–water partition coefficient (Wildman–Crippen LogP) is 1.55. The second kappa shape index (κ2) is 5.83. The molecule has 1 atom stereocenters. The van der Waals surface area contributed by atoms with Gasteiger partial charge in [-0.05, 0) is 32.1 Å². The van der Waals surface area contributed by atoms with E-state index in [2.05, 4.69) is 19.2 Å². The third kappa shape index (κ3) is 5.50. The summed E-state index contributed by atoms with van der Waals surface area (Å²) in [6.45, 7) is 8.53. The third-order valence-corrected chi connectivity index (χ3v) is 2.96. The fraction of sp³-hybridized carbons (Fsp3) is 1.00. The largest absolute Gasteiger partial charge is 0.389 e. The van der Waals surface area contributed by atoms with Crippen LogP contribution in [0.4, 0.5) is 0 Å². The highest BCUT2D eigenvalue weighted by molar-refractivity contribution is 4.81. The molecule has 1 rings (SSSR count). The minimum absolute atomic E-state index is 0.436. The van der Waals surface area contributed by atoms with Crippen molar-refractivity contribution in [3.63, 3.8) is 0 Å². The normalized spacial score (nSPS) is 23.0. The predicted molar refractivity (Wildman–Crippen MR) is 61.9 cm³/mol. The number of nitrogens with one attached hydrogen (secondary N) is 1. The van der Waals surface area contributed by atoms with Gasteiger partial charge in [-0.3, -0.25) is 0 Å². The molecule has 0 aromatic carbocycles. The molecule has 15 heavy (non-hydrogen) atoms. The molecule has 0 amide bonds. The first-order valence-corrected chi connectivity index (χ1v) is 6.03. The van der Waals surface area contributed by atoms with Crippen molar-refractivity contribution in [3.05, 3.63) is 0 Å².